The molecule has 0 aromatic carbocycles. The number of carboxylic acid groups (broad SMARTS) is 1. The van der Waals surface area contributed by atoms with Crippen molar-refractivity contribution in [2.45, 2.75) is 25.7 Å². The second-order valence-electron chi connectivity index (χ2n) is 3.69. The van der Waals surface area contributed by atoms with Crippen LogP contribution < -0.4 is 0 Å². The third-order valence-electron chi connectivity index (χ3n) is 2.48. The van der Waals surface area contributed by atoms with Crippen LogP contribution in [0.3, 0.4) is 0 Å². The zero-order valence-corrected chi connectivity index (χ0v) is 8.16. The lowest BCUT2D eigenvalue weighted by atomic mass is 9.95. The number of likely N-dealkylation sites (tertiary alicyclic amines) is 1. The molecular formula is C9H13F2NO3. The summed E-state index contributed by atoms with van der Waals surface area (Å²) in [5, 5.41) is 8.55. The van der Waals surface area contributed by atoms with E-state index in [2.05, 4.69) is 0 Å². The molecule has 1 atom stereocenters. The van der Waals surface area contributed by atoms with E-state index in [0.29, 0.717) is 19.4 Å². The summed E-state index contributed by atoms with van der Waals surface area (Å²) in [5.74, 6) is -2.34. The van der Waals surface area contributed by atoms with E-state index < -0.39 is 18.3 Å². The maximum atomic E-state index is 12.1. The standard InChI is InChI=1S/C9H13F2NO3/c10-8(11)9(15)12-3-1-2-6(5-12)4-7(13)14/h6,8H,1-5H2,(H,13,14). The van der Waals surface area contributed by atoms with Crippen molar-refractivity contribution in [3.05, 3.63) is 0 Å². The van der Waals surface area contributed by atoms with E-state index in [-0.39, 0.29) is 18.9 Å². The van der Waals surface area contributed by atoms with Crippen molar-refractivity contribution in [1.29, 1.82) is 0 Å². The minimum atomic E-state index is -2.99. The number of hydrogen-bond acceptors (Lipinski definition) is 2. The molecule has 1 N–H and O–H groups in total. The topological polar surface area (TPSA) is 57.6 Å². The first-order valence-electron chi connectivity index (χ1n) is 4.79. The number of halogens is 2. The number of amides is 1. The van der Waals surface area contributed by atoms with Crippen LogP contribution in [-0.2, 0) is 9.59 Å². The van der Waals surface area contributed by atoms with Gasteiger partial charge in [-0.15, -0.1) is 0 Å². The summed E-state index contributed by atoms with van der Waals surface area (Å²) in [7, 11) is 0. The summed E-state index contributed by atoms with van der Waals surface area (Å²) in [4.78, 5) is 22.4. The molecule has 6 heteroatoms. The van der Waals surface area contributed by atoms with Gasteiger partial charge in [0.25, 0.3) is 5.91 Å². The summed E-state index contributed by atoms with van der Waals surface area (Å²) in [5.41, 5.74) is 0. The van der Waals surface area contributed by atoms with Gasteiger partial charge in [-0.1, -0.05) is 0 Å². The van der Waals surface area contributed by atoms with Gasteiger partial charge in [0.2, 0.25) is 0 Å². The van der Waals surface area contributed by atoms with E-state index in [9.17, 15) is 18.4 Å². The third-order valence-corrected chi connectivity index (χ3v) is 2.48. The number of nitrogens with zero attached hydrogens (tertiary/aromatic N) is 1. The molecule has 0 bridgehead atoms. The number of rotatable bonds is 3. The van der Waals surface area contributed by atoms with Gasteiger partial charge in [-0.3, -0.25) is 9.59 Å². The van der Waals surface area contributed by atoms with Gasteiger partial charge in [-0.05, 0) is 18.8 Å². The Bertz CT molecular complexity index is 258. The zero-order chi connectivity index (χ0) is 11.4. The Morgan fingerprint density at radius 3 is 2.67 bits per heavy atom. The molecule has 1 rings (SSSR count). The molecule has 1 aliphatic rings. The number of hydrogen-bond donors (Lipinski definition) is 1. The molecule has 15 heavy (non-hydrogen) atoms. The Kier molecular flexibility index (Phi) is 3.99. The minimum Gasteiger partial charge on any atom is -0.481 e. The highest BCUT2D eigenvalue weighted by molar-refractivity contribution is 5.79. The normalized spacial score (nSPS) is 21.8. The number of carbonyl (C=O) groups excluding carboxylic acids is 1. The van der Waals surface area contributed by atoms with E-state index in [0.717, 1.165) is 4.90 Å². The molecule has 0 saturated carbocycles. The molecule has 0 aromatic heterocycles. The fraction of sp³-hybridized carbons (Fsp3) is 0.778. The lowest BCUT2D eigenvalue weighted by Crippen LogP contribution is -2.43. The van der Waals surface area contributed by atoms with Gasteiger partial charge < -0.3 is 10.0 Å². The fourth-order valence-corrected chi connectivity index (χ4v) is 1.82. The molecule has 86 valence electrons. The lowest BCUT2D eigenvalue weighted by Gasteiger charge is -2.31. The van der Waals surface area contributed by atoms with Gasteiger partial charge in [0.05, 0.1) is 0 Å². The van der Waals surface area contributed by atoms with Crippen LogP contribution in [0, 0.1) is 5.92 Å². The quantitative estimate of drug-likeness (QED) is 0.772. The fourth-order valence-electron chi connectivity index (χ4n) is 1.82. The van der Waals surface area contributed by atoms with Crippen LogP contribution in [0.15, 0.2) is 0 Å². The Labute approximate surface area is 85.9 Å². The molecule has 1 unspecified atom stereocenters. The molecule has 0 radical (unpaired) electrons. The summed E-state index contributed by atoms with van der Waals surface area (Å²) >= 11 is 0. The predicted octanol–water partition coefficient (Wildman–Crippen LogP) is 0.965. The highest BCUT2D eigenvalue weighted by Crippen LogP contribution is 2.20. The van der Waals surface area contributed by atoms with Gasteiger partial charge in [-0.25, -0.2) is 0 Å². The smallest absolute Gasteiger partial charge is 0.315 e. The van der Waals surface area contributed by atoms with Crippen LogP contribution in [0.5, 0.6) is 0 Å². The molecule has 1 saturated heterocycles. The first-order chi connectivity index (χ1) is 7.00. The van der Waals surface area contributed by atoms with Gasteiger partial charge in [0, 0.05) is 19.5 Å². The van der Waals surface area contributed by atoms with Gasteiger partial charge in [0.1, 0.15) is 0 Å². The Balaban J connectivity index is 2.48. The number of carbonyl (C=O) groups is 2. The van der Waals surface area contributed by atoms with Gasteiger partial charge in [-0.2, -0.15) is 8.78 Å². The highest BCUT2D eigenvalue weighted by atomic mass is 19.3. The first kappa shape index (κ1) is 11.9. The zero-order valence-electron chi connectivity index (χ0n) is 8.16. The molecular weight excluding hydrogens is 208 g/mol. The van der Waals surface area contributed by atoms with Crippen molar-refractivity contribution >= 4 is 11.9 Å². The summed E-state index contributed by atoms with van der Waals surface area (Å²) in [6, 6.07) is 0. The minimum absolute atomic E-state index is 0.0625. The molecule has 0 aliphatic carbocycles. The number of carboxylic acids is 1. The Morgan fingerprint density at radius 2 is 2.13 bits per heavy atom. The van der Waals surface area contributed by atoms with Crippen LogP contribution in [0.2, 0.25) is 0 Å². The summed E-state index contributed by atoms with van der Waals surface area (Å²) < 4.78 is 24.2. The van der Waals surface area contributed by atoms with Crippen molar-refractivity contribution in [1.82, 2.24) is 4.90 Å². The molecule has 1 aliphatic heterocycles. The van der Waals surface area contributed by atoms with Crippen molar-refractivity contribution in [2.24, 2.45) is 5.92 Å². The average Bonchev–Trinajstić information content (AvgIpc) is 2.16. The van der Waals surface area contributed by atoms with E-state index in [4.69, 9.17) is 5.11 Å². The second kappa shape index (κ2) is 5.04. The van der Waals surface area contributed by atoms with Crippen molar-refractivity contribution in [3.8, 4) is 0 Å². The van der Waals surface area contributed by atoms with Crippen LogP contribution in [0.1, 0.15) is 19.3 Å². The Hall–Kier alpha value is -1.20. The largest absolute Gasteiger partial charge is 0.481 e. The second-order valence-corrected chi connectivity index (χ2v) is 3.69. The monoisotopic (exact) mass is 221 g/mol. The van der Waals surface area contributed by atoms with Crippen molar-refractivity contribution < 1.29 is 23.5 Å². The molecule has 1 heterocycles. The van der Waals surface area contributed by atoms with Crippen molar-refractivity contribution in [3.63, 3.8) is 0 Å². The van der Waals surface area contributed by atoms with E-state index in [1.807, 2.05) is 0 Å². The van der Waals surface area contributed by atoms with E-state index in [1.165, 1.54) is 0 Å². The maximum absolute atomic E-state index is 12.1. The predicted molar refractivity (Wildman–Crippen MR) is 47.6 cm³/mol. The van der Waals surface area contributed by atoms with Gasteiger partial charge >= 0.3 is 12.4 Å². The Morgan fingerprint density at radius 1 is 1.47 bits per heavy atom. The number of piperidine rings is 1. The van der Waals surface area contributed by atoms with Crippen LogP contribution >= 0.6 is 0 Å². The highest BCUT2D eigenvalue weighted by Gasteiger charge is 2.29. The first-order valence-corrected chi connectivity index (χ1v) is 4.79. The molecule has 0 spiro atoms. The van der Waals surface area contributed by atoms with Crippen LogP contribution in [0.4, 0.5) is 8.78 Å². The molecule has 1 fully saturated rings. The molecule has 1 amide bonds. The molecule has 4 nitrogen and oxygen atoms in total. The van der Waals surface area contributed by atoms with Crippen LogP contribution in [-0.4, -0.2) is 41.4 Å². The van der Waals surface area contributed by atoms with E-state index in [1.54, 1.807) is 0 Å². The van der Waals surface area contributed by atoms with Gasteiger partial charge in [0.15, 0.2) is 0 Å². The van der Waals surface area contributed by atoms with Crippen molar-refractivity contribution in [2.75, 3.05) is 13.1 Å². The number of aliphatic carboxylic acids is 1. The third kappa shape index (κ3) is 3.45. The van der Waals surface area contributed by atoms with E-state index >= 15 is 0 Å². The average molecular weight is 221 g/mol. The lowest BCUT2D eigenvalue weighted by molar-refractivity contribution is -0.146. The molecule has 0 aromatic rings. The maximum Gasteiger partial charge on any atom is 0.315 e. The van der Waals surface area contributed by atoms with Crippen LogP contribution in [0.25, 0.3) is 0 Å². The SMILES string of the molecule is O=C(O)CC1CCCN(C(=O)C(F)F)C1. The number of alkyl halides is 2. The summed E-state index contributed by atoms with van der Waals surface area (Å²) in [6.07, 6.45) is -1.78. The summed E-state index contributed by atoms with van der Waals surface area (Å²) in [6.45, 7) is 0.439.